The lowest BCUT2D eigenvalue weighted by Crippen LogP contribution is -2.11. The molecule has 0 saturated heterocycles. The van der Waals surface area contributed by atoms with Crippen molar-refractivity contribution < 1.29 is 0 Å². The normalized spacial score (nSPS) is 13.0. The molecule has 0 aliphatic rings. The van der Waals surface area contributed by atoms with Crippen LogP contribution in [-0.2, 0) is 0 Å². The van der Waals surface area contributed by atoms with Crippen LogP contribution in [0.2, 0.25) is 0 Å². The summed E-state index contributed by atoms with van der Waals surface area (Å²) in [4.78, 5) is 11.9. The maximum Gasteiger partial charge on any atom is 0.153 e. The molecule has 0 aliphatic heterocycles. The highest BCUT2D eigenvalue weighted by Crippen LogP contribution is 2.22. The van der Waals surface area contributed by atoms with E-state index in [-0.39, 0.29) is 0 Å². The fraction of sp³-hybridized carbons (Fsp3) is 0.400. The highest BCUT2D eigenvalue weighted by molar-refractivity contribution is 5.86. The maximum absolute atomic E-state index is 5.43. The van der Waals surface area contributed by atoms with E-state index in [4.69, 9.17) is 5.84 Å². The molecule has 2 aromatic heterocycles. The van der Waals surface area contributed by atoms with Crippen LogP contribution in [-0.4, -0.2) is 15.0 Å². The molecule has 0 aliphatic carbocycles. The highest BCUT2D eigenvalue weighted by Gasteiger charge is 2.11. The van der Waals surface area contributed by atoms with Crippen molar-refractivity contribution in [2.75, 3.05) is 5.43 Å². The Morgan fingerprint density at radius 1 is 1.53 bits per heavy atom. The Labute approximate surface area is 88.1 Å². The molecular weight excluding hydrogens is 190 g/mol. The number of H-pyrrole nitrogens is 1. The van der Waals surface area contributed by atoms with E-state index < -0.39 is 0 Å². The number of aromatic nitrogens is 3. The zero-order valence-corrected chi connectivity index (χ0v) is 8.91. The topological polar surface area (TPSA) is 79.6 Å². The molecule has 2 rings (SSSR count). The quantitative estimate of drug-likeness (QED) is 0.527. The zero-order valence-electron chi connectivity index (χ0n) is 8.91. The van der Waals surface area contributed by atoms with Gasteiger partial charge in [0.25, 0.3) is 0 Å². The third kappa shape index (κ3) is 1.66. The molecule has 80 valence electrons. The summed E-state index contributed by atoms with van der Waals surface area (Å²) in [5, 5.41) is 0.921. The summed E-state index contributed by atoms with van der Waals surface area (Å²) < 4.78 is 0. The molecule has 4 N–H and O–H groups in total. The van der Waals surface area contributed by atoms with Crippen LogP contribution in [0, 0.1) is 0 Å². The molecule has 0 aromatic carbocycles. The number of hydrogen-bond acceptors (Lipinski definition) is 4. The number of aromatic amines is 1. The Morgan fingerprint density at radius 3 is 3.00 bits per heavy atom. The second-order valence-corrected chi connectivity index (χ2v) is 3.62. The van der Waals surface area contributed by atoms with Gasteiger partial charge in [-0.2, -0.15) is 0 Å². The van der Waals surface area contributed by atoms with E-state index in [1.807, 2.05) is 12.3 Å². The number of hydrazine groups is 1. The highest BCUT2D eigenvalue weighted by atomic mass is 15.3. The predicted molar refractivity (Wildman–Crippen MR) is 60.4 cm³/mol. The van der Waals surface area contributed by atoms with Gasteiger partial charge in [-0.25, -0.2) is 15.8 Å². The first-order chi connectivity index (χ1) is 7.26. The molecule has 5 heteroatoms. The van der Waals surface area contributed by atoms with Crippen molar-refractivity contribution in [1.29, 1.82) is 0 Å². The van der Waals surface area contributed by atoms with Crippen LogP contribution in [0.3, 0.4) is 0 Å². The van der Waals surface area contributed by atoms with Gasteiger partial charge in [0, 0.05) is 12.1 Å². The largest absolute Gasteiger partial charge is 0.346 e. The second kappa shape index (κ2) is 3.86. The summed E-state index contributed by atoms with van der Waals surface area (Å²) in [5.41, 5.74) is 3.43. The predicted octanol–water partition coefficient (Wildman–Crippen LogP) is 1.76. The van der Waals surface area contributed by atoms with E-state index in [1.54, 1.807) is 0 Å². The minimum Gasteiger partial charge on any atom is -0.346 e. The van der Waals surface area contributed by atoms with Crippen molar-refractivity contribution in [3.63, 3.8) is 0 Å². The second-order valence-electron chi connectivity index (χ2n) is 3.62. The number of rotatable bonds is 3. The molecule has 0 spiro atoms. The van der Waals surface area contributed by atoms with Crippen LogP contribution in [0.4, 0.5) is 5.82 Å². The smallest absolute Gasteiger partial charge is 0.153 e. The summed E-state index contributed by atoms with van der Waals surface area (Å²) in [5.74, 6) is 7.27. The fourth-order valence-electron chi connectivity index (χ4n) is 1.47. The van der Waals surface area contributed by atoms with E-state index in [9.17, 15) is 0 Å². The Bertz CT molecular complexity index is 462. The van der Waals surface area contributed by atoms with E-state index in [0.29, 0.717) is 11.7 Å². The van der Waals surface area contributed by atoms with Crippen LogP contribution in [0.25, 0.3) is 11.0 Å². The molecule has 0 fully saturated rings. The average Bonchev–Trinajstić information content (AvgIpc) is 2.74. The molecule has 5 nitrogen and oxygen atoms in total. The van der Waals surface area contributed by atoms with Crippen molar-refractivity contribution in [2.24, 2.45) is 5.84 Å². The van der Waals surface area contributed by atoms with Gasteiger partial charge < -0.3 is 10.4 Å². The average molecular weight is 205 g/mol. The van der Waals surface area contributed by atoms with Crippen molar-refractivity contribution in [3.8, 4) is 0 Å². The minimum absolute atomic E-state index is 0.338. The SMILES string of the molecule is CCC(C)c1nc(NN)c2cc[nH]c2n1. The molecule has 0 bridgehead atoms. The number of hydrogen-bond donors (Lipinski definition) is 3. The number of nitrogen functional groups attached to an aromatic ring is 1. The summed E-state index contributed by atoms with van der Waals surface area (Å²) in [7, 11) is 0. The van der Waals surface area contributed by atoms with Gasteiger partial charge in [-0.1, -0.05) is 13.8 Å². The summed E-state index contributed by atoms with van der Waals surface area (Å²) >= 11 is 0. The van der Waals surface area contributed by atoms with Gasteiger partial charge in [-0.3, -0.25) is 0 Å². The van der Waals surface area contributed by atoms with Crippen LogP contribution in [0.5, 0.6) is 0 Å². The summed E-state index contributed by atoms with van der Waals surface area (Å²) in [6.45, 7) is 4.22. The number of nitrogens with one attached hydrogen (secondary N) is 2. The van der Waals surface area contributed by atoms with E-state index in [1.165, 1.54) is 0 Å². The van der Waals surface area contributed by atoms with Crippen LogP contribution in [0.1, 0.15) is 32.0 Å². The first-order valence-corrected chi connectivity index (χ1v) is 5.08. The van der Waals surface area contributed by atoms with Crippen LogP contribution in [0.15, 0.2) is 12.3 Å². The van der Waals surface area contributed by atoms with Gasteiger partial charge in [0.1, 0.15) is 11.5 Å². The van der Waals surface area contributed by atoms with Crippen LogP contribution >= 0.6 is 0 Å². The standard InChI is InChI=1S/C10H15N5/c1-3-6(2)8-13-9-7(4-5-12-9)10(14-8)15-11/h4-6H,3,11H2,1-2H3,(H2,12,13,14,15). The fourth-order valence-corrected chi connectivity index (χ4v) is 1.47. The molecule has 0 saturated carbocycles. The monoisotopic (exact) mass is 205 g/mol. The molecular formula is C10H15N5. The van der Waals surface area contributed by atoms with Crippen molar-refractivity contribution in [3.05, 3.63) is 18.1 Å². The molecule has 0 amide bonds. The lowest BCUT2D eigenvalue weighted by atomic mass is 10.1. The third-order valence-electron chi connectivity index (χ3n) is 2.62. The Kier molecular flexibility index (Phi) is 2.55. The number of nitrogens with zero attached hydrogens (tertiary/aromatic N) is 2. The van der Waals surface area contributed by atoms with Crippen LogP contribution < -0.4 is 11.3 Å². The van der Waals surface area contributed by atoms with Gasteiger partial charge in [-0.05, 0) is 12.5 Å². The molecule has 2 aromatic rings. The Balaban J connectivity index is 2.58. The third-order valence-corrected chi connectivity index (χ3v) is 2.62. The Morgan fingerprint density at radius 2 is 2.33 bits per heavy atom. The van der Waals surface area contributed by atoms with Crippen molar-refractivity contribution in [1.82, 2.24) is 15.0 Å². The van der Waals surface area contributed by atoms with Gasteiger partial charge in [0.2, 0.25) is 0 Å². The van der Waals surface area contributed by atoms with Gasteiger partial charge in [0.15, 0.2) is 5.82 Å². The first-order valence-electron chi connectivity index (χ1n) is 5.08. The number of anilines is 1. The van der Waals surface area contributed by atoms with Gasteiger partial charge >= 0.3 is 0 Å². The maximum atomic E-state index is 5.43. The van der Waals surface area contributed by atoms with E-state index in [0.717, 1.165) is 23.3 Å². The zero-order chi connectivity index (χ0) is 10.8. The first kappa shape index (κ1) is 9.92. The lowest BCUT2D eigenvalue weighted by Gasteiger charge is -2.09. The molecule has 15 heavy (non-hydrogen) atoms. The molecule has 1 atom stereocenters. The van der Waals surface area contributed by atoms with E-state index >= 15 is 0 Å². The van der Waals surface area contributed by atoms with Crippen molar-refractivity contribution in [2.45, 2.75) is 26.2 Å². The molecule has 1 unspecified atom stereocenters. The number of fused-ring (bicyclic) bond motifs is 1. The minimum atomic E-state index is 0.338. The lowest BCUT2D eigenvalue weighted by molar-refractivity contribution is 0.683. The molecule has 0 radical (unpaired) electrons. The number of nitrogens with two attached hydrogens (primary N) is 1. The summed E-state index contributed by atoms with van der Waals surface area (Å²) in [6.07, 6.45) is 2.84. The van der Waals surface area contributed by atoms with Gasteiger partial charge in [0.05, 0.1) is 5.39 Å². The van der Waals surface area contributed by atoms with E-state index in [2.05, 4.69) is 34.2 Å². The van der Waals surface area contributed by atoms with Crippen molar-refractivity contribution >= 4 is 16.9 Å². The molecule has 2 heterocycles. The Hall–Kier alpha value is -1.62. The van der Waals surface area contributed by atoms with Gasteiger partial charge in [-0.15, -0.1) is 0 Å². The summed E-state index contributed by atoms with van der Waals surface area (Å²) in [6, 6.07) is 1.91.